The SMILES string of the molecule is CCNC(=NCC(O)c1ccccc1F)NC(C)CCc1ccccc1. The van der Waals surface area contributed by atoms with E-state index < -0.39 is 11.9 Å². The number of hydrogen-bond acceptors (Lipinski definition) is 2. The zero-order valence-electron chi connectivity index (χ0n) is 15.5. The molecule has 0 saturated carbocycles. The number of aryl methyl sites for hydroxylation is 1. The zero-order valence-corrected chi connectivity index (χ0v) is 15.5. The molecular weight excluding hydrogens is 329 g/mol. The van der Waals surface area contributed by atoms with Crippen LogP contribution in [-0.4, -0.2) is 30.2 Å². The van der Waals surface area contributed by atoms with Gasteiger partial charge in [-0.2, -0.15) is 0 Å². The fraction of sp³-hybridized carbons (Fsp3) is 0.381. The molecule has 0 spiro atoms. The minimum Gasteiger partial charge on any atom is -0.386 e. The quantitative estimate of drug-likeness (QED) is 0.501. The first-order chi connectivity index (χ1) is 12.6. The molecule has 2 rings (SSSR count). The van der Waals surface area contributed by atoms with Crippen molar-refractivity contribution in [3.63, 3.8) is 0 Å². The number of aliphatic imine (C=N–C) groups is 1. The largest absolute Gasteiger partial charge is 0.386 e. The van der Waals surface area contributed by atoms with Crippen LogP contribution in [0.5, 0.6) is 0 Å². The molecule has 0 radical (unpaired) electrons. The fourth-order valence-electron chi connectivity index (χ4n) is 2.67. The highest BCUT2D eigenvalue weighted by molar-refractivity contribution is 5.80. The number of halogens is 1. The van der Waals surface area contributed by atoms with Gasteiger partial charge in [0.1, 0.15) is 11.9 Å². The summed E-state index contributed by atoms with van der Waals surface area (Å²) in [5.74, 6) is 0.216. The number of benzene rings is 2. The molecule has 2 unspecified atom stereocenters. The van der Waals surface area contributed by atoms with Crippen molar-refractivity contribution in [1.82, 2.24) is 10.6 Å². The van der Waals surface area contributed by atoms with Gasteiger partial charge in [-0.3, -0.25) is 4.99 Å². The first-order valence-electron chi connectivity index (χ1n) is 9.11. The van der Waals surface area contributed by atoms with Crippen LogP contribution in [0.2, 0.25) is 0 Å². The Morgan fingerprint density at radius 3 is 2.50 bits per heavy atom. The van der Waals surface area contributed by atoms with Gasteiger partial charge in [0.2, 0.25) is 0 Å². The molecule has 0 heterocycles. The van der Waals surface area contributed by atoms with Crippen LogP contribution in [0.25, 0.3) is 0 Å². The molecule has 0 fully saturated rings. The number of nitrogens with one attached hydrogen (secondary N) is 2. The second-order valence-corrected chi connectivity index (χ2v) is 6.33. The maximum atomic E-state index is 13.7. The molecule has 0 aliphatic rings. The summed E-state index contributed by atoms with van der Waals surface area (Å²) < 4.78 is 13.7. The monoisotopic (exact) mass is 357 g/mol. The van der Waals surface area contributed by atoms with E-state index in [1.807, 2.05) is 25.1 Å². The molecule has 0 aromatic heterocycles. The van der Waals surface area contributed by atoms with Crippen LogP contribution in [0, 0.1) is 5.82 Å². The molecule has 0 amide bonds. The molecule has 0 saturated heterocycles. The summed E-state index contributed by atoms with van der Waals surface area (Å²) in [4.78, 5) is 4.40. The lowest BCUT2D eigenvalue weighted by Gasteiger charge is -2.18. The van der Waals surface area contributed by atoms with E-state index in [1.165, 1.54) is 11.6 Å². The Morgan fingerprint density at radius 1 is 1.12 bits per heavy atom. The van der Waals surface area contributed by atoms with E-state index in [0.29, 0.717) is 12.5 Å². The van der Waals surface area contributed by atoms with E-state index in [-0.39, 0.29) is 18.2 Å². The van der Waals surface area contributed by atoms with Crippen LogP contribution < -0.4 is 10.6 Å². The molecule has 0 aliphatic heterocycles. The van der Waals surface area contributed by atoms with Gasteiger partial charge >= 0.3 is 0 Å². The van der Waals surface area contributed by atoms with E-state index >= 15 is 0 Å². The van der Waals surface area contributed by atoms with Gasteiger partial charge in [-0.15, -0.1) is 0 Å². The van der Waals surface area contributed by atoms with Crippen LogP contribution in [-0.2, 0) is 6.42 Å². The van der Waals surface area contributed by atoms with Crippen molar-refractivity contribution >= 4 is 5.96 Å². The predicted octanol–water partition coefficient (Wildman–Crippen LogP) is 3.44. The van der Waals surface area contributed by atoms with Crippen molar-refractivity contribution in [1.29, 1.82) is 0 Å². The third-order valence-corrected chi connectivity index (χ3v) is 4.12. The van der Waals surface area contributed by atoms with Gasteiger partial charge in [-0.1, -0.05) is 48.5 Å². The van der Waals surface area contributed by atoms with Crippen molar-refractivity contribution in [2.45, 2.75) is 38.8 Å². The highest BCUT2D eigenvalue weighted by Gasteiger charge is 2.12. The molecule has 2 atom stereocenters. The highest BCUT2D eigenvalue weighted by Crippen LogP contribution is 2.16. The molecule has 2 aromatic carbocycles. The third-order valence-electron chi connectivity index (χ3n) is 4.12. The standard InChI is InChI=1S/C21H28FN3O/c1-3-23-21(24-15-20(26)18-11-7-8-12-19(18)22)25-16(2)13-14-17-9-5-4-6-10-17/h4-12,16,20,26H,3,13-15H2,1-2H3,(H2,23,24,25). The Kier molecular flexibility index (Phi) is 8.09. The first-order valence-corrected chi connectivity index (χ1v) is 9.11. The maximum absolute atomic E-state index is 13.7. The Balaban J connectivity index is 1.90. The molecule has 4 nitrogen and oxygen atoms in total. The van der Waals surface area contributed by atoms with E-state index in [1.54, 1.807) is 18.2 Å². The number of aliphatic hydroxyl groups excluding tert-OH is 1. The van der Waals surface area contributed by atoms with Crippen molar-refractivity contribution in [2.75, 3.05) is 13.1 Å². The van der Waals surface area contributed by atoms with Gasteiger partial charge in [0.25, 0.3) is 0 Å². The zero-order chi connectivity index (χ0) is 18.8. The first kappa shape index (κ1) is 19.9. The second-order valence-electron chi connectivity index (χ2n) is 6.33. The Labute approximate surface area is 155 Å². The Morgan fingerprint density at radius 2 is 1.81 bits per heavy atom. The average Bonchev–Trinajstić information content (AvgIpc) is 2.65. The molecule has 5 heteroatoms. The van der Waals surface area contributed by atoms with Gasteiger partial charge < -0.3 is 15.7 Å². The summed E-state index contributed by atoms with van der Waals surface area (Å²) >= 11 is 0. The molecule has 0 bridgehead atoms. The second kappa shape index (κ2) is 10.6. The lowest BCUT2D eigenvalue weighted by molar-refractivity contribution is 0.182. The van der Waals surface area contributed by atoms with Gasteiger partial charge in [-0.05, 0) is 38.3 Å². The van der Waals surface area contributed by atoms with Crippen LogP contribution in [0.15, 0.2) is 59.6 Å². The number of hydrogen-bond donors (Lipinski definition) is 3. The topological polar surface area (TPSA) is 56.7 Å². The minimum absolute atomic E-state index is 0.0989. The lowest BCUT2D eigenvalue weighted by Crippen LogP contribution is -2.42. The van der Waals surface area contributed by atoms with Gasteiger partial charge in [0, 0.05) is 18.2 Å². The van der Waals surface area contributed by atoms with E-state index in [0.717, 1.165) is 12.8 Å². The number of aliphatic hydroxyl groups is 1. The molecule has 26 heavy (non-hydrogen) atoms. The van der Waals surface area contributed by atoms with Gasteiger partial charge in [0.05, 0.1) is 6.54 Å². The van der Waals surface area contributed by atoms with Crippen LogP contribution in [0.4, 0.5) is 4.39 Å². The Hall–Kier alpha value is -2.40. The minimum atomic E-state index is -0.966. The van der Waals surface area contributed by atoms with Gasteiger partial charge in [0.15, 0.2) is 5.96 Å². The fourth-order valence-corrected chi connectivity index (χ4v) is 2.67. The third kappa shape index (κ3) is 6.48. The number of guanidine groups is 1. The molecular formula is C21H28FN3O. The van der Waals surface area contributed by atoms with E-state index in [2.05, 4.69) is 34.7 Å². The number of rotatable bonds is 8. The molecule has 2 aromatic rings. The van der Waals surface area contributed by atoms with Gasteiger partial charge in [-0.25, -0.2) is 4.39 Å². The predicted molar refractivity (Wildman–Crippen MR) is 105 cm³/mol. The molecule has 3 N–H and O–H groups in total. The molecule has 0 aliphatic carbocycles. The maximum Gasteiger partial charge on any atom is 0.191 e. The van der Waals surface area contributed by atoms with Crippen molar-refractivity contribution in [3.8, 4) is 0 Å². The highest BCUT2D eigenvalue weighted by atomic mass is 19.1. The smallest absolute Gasteiger partial charge is 0.191 e. The average molecular weight is 357 g/mol. The summed E-state index contributed by atoms with van der Waals surface area (Å²) in [5, 5.41) is 16.7. The summed E-state index contributed by atoms with van der Waals surface area (Å²) in [5.41, 5.74) is 1.57. The summed E-state index contributed by atoms with van der Waals surface area (Å²) in [6, 6.07) is 16.8. The van der Waals surface area contributed by atoms with E-state index in [9.17, 15) is 9.50 Å². The van der Waals surface area contributed by atoms with Crippen molar-refractivity contribution < 1.29 is 9.50 Å². The summed E-state index contributed by atoms with van der Waals surface area (Å²) in [6.07, 6.45) is 0.975. The lowest BCUT2D eigenvalue weighted by atomic mass is 10.1. The van der Waals surface area contributed by atoms with Crippen LogP contribution in [0.3, 0.4) is 0 Å². The van der Waals surface area contributed by atoms with E-state index in [4.69, 9.17) is 0 Å². The van der Waals surface area contributed by atoms with Crippen LogP contribution >= 0.6 is 0 Å². The van der Waals surface area contributed by atoms with Crippen molar-refractivity contribution in [2.24, 2.45) is 4.99 Å². The number of nitrogens with zero attached hydrogens (tertiary/aromatic N) is 1. The summed E-state index contributed by atoms with van der Waals surface area (Å²) in [6.45, 7) is 4.90. The summed E-state index contributed by atoms with van der Waals surface area (Å²) in [7, 11) is 0. The van der Waals surface area contributed by atoms with Crippen molar-refractivity contribution in [3.05, 3.63) is 71.5 Å². The Bertz CT molecular complexity index is 691. The van der Waals surface area contributed by atoms with Crippen LogP contribution in [0.1, 0.15) is 37.5 Å². The normalized spacial score (nSPS) is 13.9. The molecule has 140 valence electrons.